The fourth-order valence-electron chi connectivity index (χ4n) is 2.79. The van der Waals surface area contributed by atoms with Crippen molar-refractivity contribution in [2.75, 3.05) is 26.0 Å². The Morgan fingerprint density at radius 1 is 1.31 bits per heavy atom. The molecule has 1 aromatic heterocycles. The molecule has 0 atom stereocenters. The van der Waals surface area contributed by atoms with Crippen molar-refractivity contribution in [3.05, 3.63) is 40.4 Å². The lowest BCUT2D eigenvalue weighted by Gasteiger charge is -2.28. The van der Waals surface area contributed by atoms with Gasteiger partial charge in [0.2, 0.25) is 11.5 Å². The number of methoxy groups -OCH3 is 1. The van der Waals surface area contributed by atoms with Crippen LogP contribution in [0.15, 0.2) is 33.6 Å². The highest BCUT2D eigenvalue weighted by atomic mass is 32.2. The van der Waals surface area contributed by atoms with E-state index in [1.165, 1.54) is 22.9 Å². The Morgan fingerprint density at radius 3 is 2.65 bits per heavy atom. The van der Waals surface area contributed by atoms with Crippen LogP contribution in [0.25, 0.3) is 5.69 Å². The summed E-state index contributed by atoms with van der Waals surface area (Å²) in [5.41, 5.74) is -0.150. The quantitative estimate of drug-likeness (QED) is 0.472. The third kappa shape index (κ3) is 4.16. The third-order valence-electron chi connectivity index (χ3n) is 4.18. The number of hydrogen-bond acceptors (Lipinski definition) is 6. The summed E-state index contributed by atoms with van der Waals surface area (Å²) in [4.78, 5) is 26.7. The highest BCUT2D eigenvalue weighted by molar-refractivity contribution is 8.23. The lowest BCUT2D eigenvalue weighted by Crippen LogP contribution is -2.41. The number of rotatable bonds is 5. The number of carbonyl (C=O) groups is 1. The van der Waals surface area contributed by atoms with E-state index in [2.05, 4.69) is 10.2 Å². The van der Waals surface area contributed by atoms with Crippen molar-refractivity contribution in [1.29, 1.82) is 0 Å². The Kier molecular flexibility index (Phi) is 6.10. The number of carbonyl (C=O) groups excluding carboxylic acids is 1. The fraction of sp³-hybridized carbons (Fsp3) is 0.412. The van der Waals surface area contributed by atoms with E-state index in [1.54, 1.807) is 31.4 Å². The van der Waals surface area contributed by atoms with Gasteiger partial charge >= 0.3 is 11.3 Å². The second-order valence-corrected chi connectivity index (χ2v) is 7.50. The Labute approximate surface area is 160 Å². The number of aromatic amines is 1. The molecular formula is C17H20N3O4S2+. The molecule has 0 saturated carbocycles. The van der Waals surface area contributed by atoms with Crippen LogP contribution < -0.4 is 15.0 Å². The number of thiocarbonyl (C=S) groups is 1. The van der Waals surface area contributed by atoms with E-state index in [9.17, 15) is 9.59 Å². The monoisotopic (exact) mass is 394 g/mol. The highest BCUT2D eigenvalue weighted by Gasteiger charge is 2.31. The van der Waals surface area contributed by atoms with Crippen LogP contribution in [0.3, 0.4) is 0 Å². The van der Waals surface area contributed by atoms with Crippen LogP contribution in [-0.2, 0) is 0 Å². The Bertz CT molecular complexity index is 838. The average Bonchev–Trinajstić information content (AvgIpc) is 3.08. The summed E-state index contributed by atoms with van der Waals surface area (Å²) in [7, 11) is 1.57. The molecule has 0 bridgehead atoms. The molecule has 1 aliphatic rings. The molecule has 1 aromatic carbocycles. The molecule has 2 aromatic rings. The van der Waals surface area contributed by atoms with Gasteiger partial charge < -0.3 is 9.64 Å². The number of benzene rings is 1. The van der Waals surface area contributed by atoms with Gasteiger partial charge in [-0.1, -0.05) is 24.0 Å². The van der Waals surface area contributed by atoms with Crippen molar-refractivity contribution in [2.24, 2.45) is 0 Å². The van der Waals surface area contributed by atoms with Crippen LogP contribution in [0.2, 0.25) is 0 Å². The van der Waals surface area contributed by atoms with Gasteiger partial charge in [-0.05, 0) is 41.3 Å². The molecule has 7 nitrogen and oxygen atoms in total. The van der Waals surface area contributed by atoms with Crippen LogP contribution in [-0.4, -0.2) is 46.2 Å². The number of ketones is 1. The lowest BCUT2D eigenvalue weighted by atomic mass is 10.1. The molecular weight excluding hydrogens is 374 g/mol. The summed E-state index contributed by atoms with van der Waals surface area (Å²) >= 11 is 6.70. The van der Waals surface area contributed by atoms with Crippen LogP contribution in [0.1, 0.15) is 29.8 Å². The van der Waals surface area contributed by atoms with Gasteiger partial charge in [0.25, 0.3) is 0 Å². The maximum atomic E-state index is 12.6. The molecule has 0 radical (unpaired) electrons. The standard InChI is InChI=1S/C17H19N3O4S2/c1-23-13-7-5-12(6-8-13)20-15(16(22)24-18-20)14(21)11-26-17(25)19-9-3-2-4-10-19/h5-8H,2-4,9-11H2,1H3/p+1. The van der Waals surface area contributed by atoms with Crippen LogP contribution >= 0.6 is 24.0 Å². The van der Waals surface area contributed by atoms with Crippen LogP contribution in [0.5, 0.6) is 5.75 Å². The predicted octanol–water partition coefficient (Wildman–Crippen LogP) is 1.94. The number of ether oxygens (including phenoxy) is 1. The molecule has 138 valence electrons. The molecule has 0 aliphatic carbocycles. The zero-order valence-corrected chi connectivity index (χ0v) is 16.0. The van der Waals surface area contributed by atoms with Crippen molar-refractivity contribution in [2.45, 2.75) is 19.3 Å². The number of piperidine rings is 1. The van der Waals surface area contributed by atoms with Crippen molar-refractivity contribution in [1.82, 2.24) is 10.2 Å². The summed E-state index contributed by atoms with van der Waals surface area (Å²) < 4.78 is 12.0. The van der Waals surface area contributed by atoms with Gasteiger partial charge in [-0.3, -0.25) is 9.32 Å². The SMILES string of the molecule is COc1ccc(-[n+]2[nH]oc(=O)c2C(=O)CSC(=S)N2CCCCC2)cc1. The molecule has 0 amide bonds. The van der Waals surface area contributed by atoms with Gasteiger partial charge in [0.15, 0.2) is 0 Å². The molecule has 2 heterocycles. The number of H-pyrrole nitrogens is 1. The maximum Gasteiger partial charge on any atom is 0.438 e. The lowest BCUT2D eigenvalue weighted by molar-refractivity contribution is -0.672. The van der Waals surface area contributed by atoms with E-state index >= 15 is 0 Å². The molecule has 1 saturated heterocycles. The number of Topliss-reactive ketones (excluding diaryl/α,β-unsaturated/α-hetero) is 1. The first kappa shape index (κ1) is 18.7. The van der Waals surface area contributed by atoms with Crippen molar-refractivity contribution >= 4 is 34.1 Å². The minimum absolute atomic E-state index is 0.0517. The van der Waals surface area contributed by atoms with E-state index in [0.717, 1.165) is 25.9 Å². The molecule has 26 heavy (non-hydrogen) atoms. The first-order chi connectivity index (χ1) is 12.6. The predicted molar refractivity (Wildman–Crippen MR) is 102 cm³/mol. The fourth-order valence-corrected chi connectivity index (χ4v) is 3.90. The minimum atomic E-state index is -0.699. The zero-order chi connectivity index (χ0) is 18.5. The summed E-state index contributed by atoms with van der Waals surface area (Å²) in [5.74, 6) is 0.435. The molecule has 3 rings (SSSR count). The van der Waals surface area contributed by atoms with Gasteiger partial charge in [0, 0.05) is 25.2 Å². The zero-order valence-electron chi connectivity index (χ0n) is 14.4. The van der Waals surface area contributed by atoms with Gasteiger partial charge in [-0.2, -0.15) is 0 Å². The normalized spacial score (nSPS) is 14.3. The Balaban J connectivity index is 1.72. The van der Waals surface area contributed by atoms with Crippen molar-refractivity contribution in [3.63, 3.8) is 0 Å². The third-order valence-corrected chi connectivity index (χ3v) is 5.71. The Hall–Kier alpha value is -2.13. The number of likely N-dealkylation sites (tertiary alicyclic amines) is 1. The number of nitrogens with zero attached hydrogens (tertiary/aromatic N) is 2. The summed E-state index contributed by atoms with van der Waals surface area (Å²) in [6, 6.07) is 6.93. The maximum absolute atomic E-state index is 12.6. The molecule has 9 heteroatoms. The smallest absolute Gasteiger partial charge is 0.438 e. The van der Waals surface area contributed by atoms with E-state index < -0.39 is 5.63 Å². The second-order valence-electron chi connectivity index (χ2n) is 5.89. The van der Waals surface area contributed by atoms with Crippen LogP contribution in [0, 0.1) is 0 Å². The average molecular weight is 394 g/mol. The summed E-state index contributed by atoms with van der Waals surface area (Å²) in [5, 5.41) is 2.47. The molecule has 1 fully saturated rings. The van der Waals surface area contributed by atoms with Crippen molar-refractivity contribution in [3.8, 4) is 11.4 Å². The first-order valence-electron chi connectivity index (χ1n) is 8.33. The van der Waals surface area contributed by atoms with Gasteiger partial charge in [-0.15, -0.1) is 0 Å². The van der Waals surface area contributed by atoms with Gasteiger partial charge in [0.05, 0.1) is 12.9 Å². The van der Waals surface area contributed by atoms with E-state index in [-0.39, 0.29) is 17.2 Å². The number of nitrogens with one attached hydrogen (secondary N) is 1. The molecule has 0 unspecified atom stereocenters. The molecule has 1 aliphatic heterocycles. The summed E-state index contributed by atoms with van der Waals surface area (Å²) in [6.45, 7) is 1.86. The number of hydrogen-bond donors (Lipinski definition) is 1. The molecule has 1 N–H and O–H groups in total. The number of thioether (sulfide) groups is 1. The van der Waals surface area contributed by atoms with E-state index in [0.29, 0.717) is 15.8 Å². The topological polar surface area (TPSA) is 79.4 Å². The van der Waals surface area contributed by atoms with Gasteiger partial charge in [-0.25, -0.2) is 4.79 Å². The highest BCUT2D eigenvalue weighted by Crippen LogP contribution is 2.17. The molecule has 0 spiro atoms. The van der Waals surface area contributed by atoms with E-state index in [1.807, 2.05) is 0 Å². The number of aromatic nitrogens is 2. The van der Waals surface area contributed by atoms with Crippen LogP contribution in [0.4, 0.5) is 0 Å². The largest absolute Gasteiger partial charge is 0.497 e. The summed E-state index contributed by atoms with van der Waals surface area (Å²) in [6.07, 6.45) is 3.45. The van der Waals surface area contributed by atoms with Gasteiger partial charge in [0.1, 0.15) is 10.1 Å². The van der Waals surface area contributed by atoms with E-state index in [4.69, 9.17) is 21.5 Å². The minimum Gasteiger partial charge on any atom is -0.497 e. The second kappa shape index (κ2) is 8.50. The van der Waals surface area contributed by atoms with Crippen molar-refractivity contribution < 1.29 is 18.7 Å². The first-order valence-corrected chi connectivity index (χ1v) is 9.72. The Morgan fingerprint density at radius 2 is 2.00 bits per heavy atom.